The lowest BCUT2D eigenvalue weighted by molar-refractivity contribution is -0.150. The SMILES string of the molecule is CCNC1CC2C=CCCC2CC1COC(=O)C12OC1(CC(CO)=C(C)CCc1ccnc(NCNC)c1)C(=O)c1cccc(CC3(C)C=CC=CC3)c1C2=O. The molecule has 0 radical (unpaired) electrons. The fourth-order valence-electron chi connectivity index (χ4n) is 9.74. The fraction of sp³-hybridized carbons (Fsp3) is 0.522. The van der Waals surface area contributed by atoms with Crippen molar-refractivity contribution in [2.75, 3.05) is 38.8 Å². The third-order valence-electron chi connectivity index (χ3n) is 13.0. The van der Waals surface area contributed by atoms with Crippen molar-refractivity contribution in [1.29, 1.82) is 0 Å². The molecule has 1 aliphatic heterocycles. The van der Waals surface area contributed by atoms with E-state index in [-0.39, 0.29) is 48.1 Å². The molecule has 0 spiro atoms. The van der Waals surface area contributed by atoms with Crippen molar-refractivity contribution in [3.63, 3.8) is 0 Å². The maximum absolute atomic E-state index is 15.1. The number of hydrogen-bond acceptors (Lipinski definition) is 10. The van der Waals surface area contributed by atoms with E-state index in [4.69, 9.17) is 9.47 Å². The van der Waals surface area contributed by atoms with Crippen LogP contribution in [0.2, 0.25) is 0 Å². The average Bonchev–Trinajstić information content (AvgIpc) is 3.91. The summed E-state index contributed by atoms with van der Waals surface area (Å²) in [6.45, 7) is 7.32. The average molecular weight is 763 g/mol. The smallest absolute Gasteiger partial charge is 0.350 e. The highest BCUT2D eigenvalue weighted by Gasteiger charge is 2.85. The number of aromatic nitrogens is 1. The van der Waals surface area contributed by atoms with Gasteiger partial charge in [-0.2, -0.15) is 0 Å². The second-order valence-electron chi connectivity index (χ2n) is 16.8. The summed E-state index contributed by atoms with van der Waals surface area (Å²) in [5.41, 5.74) is -0.475. The quantitative estimate of drug-likeness (QED) is 0.0495. The molecule has 10 heteroatoms. The van der Waals surface area contributed by atoms with Gasteiger partial charge in [0.2, 0.25) is 5.78 Å². The lowest BCUT2D eigenvalue weighted by atomic mass is 9.67. The van der Waals surface area contributed by atoms with Gasteiger partial charge in [-0.25, -0.2) is 9.78 Å². The van der Waals surface area contributed by atoms with Crippen molar-refractivity contribution in [3.8, 4) is 0 Å². The Labute approximate surface area is 331 Å². The van der Waals surface area contributed by atoms with E-state index in [0.717, 1.165) is 55.6 Å². The number of carbonyl (C=O) groups excluding carboxylic acids is 3. The lowest BCUT2D eigenvalue weighted by Gasteiger charge is -2.42. The summed E-state index contributed by atoms with van der Waals surface area (Å²) < 4.78 is 12.6. The Bertz CT molecular complexity index is 1950. The normalized spacial score (nSPS) is 30.6. The number of Topliss-reactive ketones (excluding diaryl/α,β-unsaturated/α-hetero) is 2. The molecule has 7 atom stereocenters. The molecule has 2 fully saturated rings. The Morgan fingerprint density at radius 1 is 1.12 bits per heavy atom. The largest absolute Gasteiger partial charge is 0.463 e. The van der Waals surface area contributed by atoms with Crippen molar-refractivity contribution in [2.45, 2.75) is 95.8 Å². The number of anilines is 1. The number of aliphatic hydroxyl groups excluding tert-OH is 1. The van der Waals surface area contributed by atoms with Gasteiger partial charge in [-0.05, 0) is 118 Å². The second-order valence-corrected chi connectivity index (χ2v) is 16.8. The van der Waals surface area contributed by atoms with Crippen LogP contribution in [0.4, 0.5) is 5.82 Å². The number of epoxide rings is 1. The first-order valence-corrected chi connectivity index (χ1v) is 20.5. The van der Waals surface area contributed by atoms with Crippen molar-refractivity contribution in [3.05, 3.63) is 106 Å². The van der Waals surface area contributed by atoms with Gasteiger partial charge in [0.05, 0.1) is 19.9 Å². The first-order chi connectivity index (χ1) is 27.1. The molecule has 7 rings (SSSR count). The van der Waals surface area contributed by atoms with Crippen molar-refractivity contribution in [1.82, 2.24) is 15.6 Å². The van der Waals surface area contributed by atoms with Crippen LogP contribution in [-0.2, 0) is 27.1 Å². The monoisotopic (exact) mass is 762 g/mol. The molecule has 1 aromatic carbocycles. The number of rotatable bonds is 16. The summed E-state index contributed by atoms with van der Waals surface area (Å²) in [6.07, 6.45) is 21.2. The number of pyridine rings is 1. The van der Waals surface area contributed by atoms with Crippen LogP contribution in [0.3, 0.4) is 0 Å². The molecular weight excluding hydrogens is 705 g/mol. The van der Waals surface area contributed by atoms with Gasteiger partial charge in [0.15, 0.2) is 11.4 Å². The highest BCUT2D eigenvalue weighted by Crippen LogP contribution is 2.60. The Hall–Kier alpha value is -4.22. The van der Waals surface area contributed by atoms with E-state index in [2.05, 4.69) is 59.1 Å². The maximum atomic E-state index is 15.1. The number of esters is 1. The fourth-order valence-corrected chi connectivity index (χ4v) is 9.74. The molecule has 4 aliphatic carbocycles. The molecule has 2 heterocycles. The van der Waals surface area contributed by atoms with Crippen LogP contribution in [0, 0.1) is 23.2 Å². The predicted octanol–water partition coefficient (Wildman–Crippen LogP) is 6.47. The van der Waals surface area contributed by atoms with E-state index < -0.39 is 28.7 Å². The van der Waals surface area contributed by atoms with Gasteiger partial charge >= 0.3 is 5.97 Å². The number of benzene rings is 1. The van der Waals surface area contributed by atoms with Crippen LogP contribution < -0.4 is 16.0 Å². The molecule has 10 nitrogen and oxygen atoms in total. The number of nitrogens with one attached hydrogen (secondary N) is 3. The summed E-state index contributed by atoms with van der Waals surface area (Å²) in [5.74, 6) is 0.101. The number of allylic oxidation sites excluding steroid dienone is 7. The van der Waals surface area contributed by atoms with E-state index in [1.807, 2.05) is 50.4 Å². The third-order valence-corrected chi connectivity index (χ3v) is 13.0. The number of ketones is 2. The van der Waals surface area contributed by atoms with Crippen LogP contribution in [-0.4, -0.2) is 78.3 Å². The third kappa shape index (κ3) is 7.61. The summed E-state index contributed by atoms with van der Waals surface area (Å²) in [6, 6.07) is 9.48. The van der Waals surface area contributed by atoms with E-state index >= 15 is 4.79 Å². The van der Waals surface area contributed by atoms with Crippen LogP contribution in [0.1, 0.15) is 97.6 Å². The van der Waals surface area contributed by atoms with E-state index in [1.165, 1.54) is 0 Å². The minimum absolute atomic E-state index is 0.0665. The van der Waals surface area contributed by atoms with Gasteiger partial charge < -0.3 is 30.5 Å². The van der Waals surface area contributed by atoms with Gasteiger partial charge in [-0.1, -0.05) is 74.1 Å². The molecule has 4 N–H and O–H groups in total. The number of aryl methyl sites for hydroxylation is 1. The zero-order chi connectivity index (χ0) is 39.5. The zero-order valence-electron chi connectivity index (χ0n) is 33.4. The highest BCUT2D eigenvalue weighted by atomic mass is 16.7. The number of hydrogen-bond donors (Lipinski definition) is 4. The van der Waals surface area contributed by atoms with Gasteiger partial charge in [0.1, 0.15) is 5.82 Å². The van der Waals surface area contributed by atoms with Gasteiger partial charge in [-0.15, -0.1) is 0 Å². The van der Waals surface area contributed by atoms with E-state index in [1.54, 1.807) is 12.3 Å². The molecule has 0 bridgehead atoms. The van der Waals surface area contributed by atoms with Crippen molar-refractivity contribution < 1.29 is 29.0 Å². The molecule has 1 saturated carbocycles. The van der Waals surface area contributed by atoms with Gasteiger partial charge in [0, 0.05) is 35.7 Å². The minimum Gasteiger partial charge on any atom is -0.463 e. The molecule has 1 aromatic heterocycles. The summed E-state index contributed by atoms with van der Waals surface area (Å²) in [4.78, 5) is 49.0. The summed E-state index contributed by atoms with van der Waals surface area (Å²) in [5, 5.41) is 20.7. The number of nitrogens with zero attached hydrogens (tertiary/aromatic N) is 1. The molecule has 1 saturated heterocycles. The topological polar surface area (TPSA) is 142 Å². The number of ether oxygens (including phenoxy) is 2. The first-order valence-electron chi connectivity index (χ1n) is 20.5. The van der Waals surface area contributed by atoms with Gasteiger partial charge in [0.25, 0.3) is 5.60 Å². The summed E-state index contributed by atoms with van der Waals surface area (Å²) in [7, 11) is 1.86. The molecular formula is C46H58N4O6. The standard InChI is InChI=1S/C46H58N4O6/c1-5-48-38-24-33-13-8-7-12-32(33)23-35(38)28-55-43(54)46-42(53)40-34(25-44(3)19-9-6-10-20-44)14-11-15-37(40)41(52)45(46,56-46)26-36(27-51)30(2)16-17-31-18-21-49-39(22-31)50-29-47-4/h6,8-11,13-15,18-19,21-22,32-33,35,38,47-48,51H,5,7,12,16-17,20,23-29H2,1-4H3,(H,49,50). The Morgan fingerprint density at radius 2 is 1.98 bits per heavy atom. The highest BCUT2D eigenvalue weighted by molar-refractivity contribution is 6.33. The van der Waals surface area contributed by atoms with Gasteiger partial charge in [-0.3, -0.25) is 9.59 Å². The number of carbonyl (C=O) groups is 3. The molecule has 5 aliphatic rings. The Balaban J connectivity index is 1.19. The van der Waals surface area contributed by atoms with Crippen LogP contribution >= 0.6 is 0 Å². The lowest BCUT2D eigenvalue weighted by Crippen LogP contribution is -2.52. The zero-order valence-corrected chi connectivity index (χ0v) is 33.4. The molecule has 56 heavy (non-hydrogen) atoms. The first kappa shape index (κ1) is 40.0. The van der Waals surface area contributed by atoms with E-state index in [0.29, 0.717) is 48.9 Å². The van der Waals surface area contributed by atoms with Crippen molar-refractivity contribution in [2.24, 2.45) is 23.2 Å². The van der Waals surface area contributed by atoms with E-state index in [9.17, 15) is 14.7 Å². The predicted molar refractivity (Wildman–Crippen MR) is 217 cm³/mol. The van der Waals surface area contributed by atoms with Crippen LogP contribution in [0.15, 0.2) is 84.1 Å². The molecule has 2 aromatic rings. The molecule has 298 valence electrons. The van der Waals surface area contributed by atoms with Crippen LogP contribution in [0.5, 0.6) is 0 Å². The van der Waals surface area contributed by atoms with Crippen LogP contribution in [0.25, 0.3) is 0 Å². The number of aliphatic hydroxyl groups is 1. The second kappa shape index (κ2) is 16.7. The summed E-state index contributed by atoms with van der Waals surface area (Å²) >= 11 is 0. The van der Waals surface area contributed by atoms with Crippen molar-refractivity contribution >= 4 is 23.4 Å². The molecule has 0 amide bonds. The molecule has 7 unspecified atom stereocenters. The maximum Gasteiger partial charge on any atom is 0.350 e. The Morgan fingerprint density at radius 3 is 2.75 bits per heavy atom. The Kier molecular flexibility index (Phi) is 11.9. The minimum atomic E-state index is -2.13. The number of fused-ring (bicyclic) bond motifs is 3.